The van der Waals surface area contributed by atoms with Gasteiger partial charge in [0, 0.05) is 19.3 Å². The molecule has 412 valence electrons. The molecule has 0 aliphatic carbocycles. The molecule has 0 aliphatic rings. The Morgan fingerprint density at radius 3 is 1.03 bits per heavy atom. The third-order valence-electron chi connectivity index (χ3n) is 12.3. The summed E-state index contributed by atoms with van der Waals surface area (Å²) in [5.74, 6) is -0.958. The third-order valence-corrected chi connectivity index (χ3v) is 12.3. The topological polar surface area (TPSA) is 78.9 Å². The minimum absolute atomic E-state index is 0.101. The Balaban J connectivity index is 4.52. The van der Waals surface area contributed by atoms with E-state index in [1.807, 2.05) is 72.9 Å². The van der Waals surface area contributed by atoms with Gasteiger partial charge in [0.2, 0.25) is 0 Å². The quantitative estimate of drug-likeness (QED) is 0.0199. The molecule has 0 spiro atoms. The van der Waals surface area contributed by atoms with Gasteiger partial charge in [-0.1, -0.05) is 270 Å². The van der Waals surface area contributed by atoms with E-state index in [-0.39, 0.29) is 31.1 Å². The average Bonchev–Trinajstić information content (AvgIpc) is 3.39. The van der Waals surface area contributed by atoms with Crippen LogP contribution in [0.2, 0.25) is 0 Å². The molecule has 0 amide bonds. The zero-order valence-corrected chi connectivity index (χ0v) is 47.1. The number of hydrogen-bond donors (Lipinski definition) is 0. The second-order valence-corrected chi connectivity index (χ2v) is 19.3. The van der Waals surface area contributed by atoms with Crippen molar-refractivity contribution in [3.8, 4) is 0 Å². The lowest BCUT2D eigenvalue weighted by Crippen LogP contribution is -2.30. The van der Waals surface area contributed by atoms with Crippen molar-refractivity contribution in [1.82, 2.24) is 0 Å². The van der Waals surface area contributed by atoms with Crippen LogP contribution in [0.5, 0.6) is 0 Å². The van der Waals surface area contributed by atoms with Gasteiger partial charge in [0.25, 0.3) is 0 Å². The van der Waals surface area contributed by atoms with Crippen molar-refractivity contribution in [2.75, 3.05) is 13.2 Å². The fourth-order valence-corrected chi connectivity index (χ4v) is 7.91. The van der Waals surface area contributed by atoms with Gasteiger partial charge >= 0.3 is 17.9 Å². The van der Waals surface area contributed by atoms with E-state index in [2.05, 4.69) is 81.5 Å². The first-order chi connectivity index (χ1) is 36.0. The number of allylic oxidation sites excluding steroid dienone is 22. The molecule has 0 rings (SSSR count). The second kappa shape index (κ2) is 60.1. The van der Waals surface area contributed by atoms with Gasteiger partial charge in [0.1, 0.15) is 13.2 Å². The van der Waals surface area contributed by atoms with Crippen molar-refractivity contribution in [3.63, 3.8) is 0 Å². The van der Waals surface area contributed by atoms with Gasteiger partial charge in [0.05, 0.1) is 0 Å². The molecular formula is C67H108O6. The lowest BCUT2D eigenvalue weighted by molar-refractivity contribution is -0.167. The van der Waals surface area contributed by atoms with Crippen molar-refractivity contribution in [3.05, 3.63) is 134 Å². The van der Waals surface area contributed by atoms with Crippen LogP contribution in [0, 0.1) is 0 Å². The highest BCUT2D eigenvalue weighted by atomic mass is 16.6. The molecule has 0 aromatic rings. The Labute approximate surface area is 449 Å². The van der Waals surface area contributed by atoms with Crippen molar-refractivity contribution in [2.45, 2.75) is 258 Å². The highest BCUT2D eigenvalue weighted by Gasteiger charge is 2.19. The number of ether oxygens (including phenoxy) is 3. The van der Waals surface area contributed by atoms with E-state index in [9.17, 15) is 14.4 Å². The van der Waals surface area contributed by atoms with E-state index in [0.717, 1.165) is 96.3 Å². The zero-order valence-electron chi connectivity index (χ0n) is 47.1. The van der Waals surface area contributed by atoms with Crippen molar-refractivity contribution < 1.29 is 28.6 Å². The monoisotopic (exact) mass is 1010 g/mol. The van der Waals surface area contributed by atoms with Crippen LogP contribution < -0.4 is 0 Å². The fourth-order valence-electron chi connectivity index (χ4n) is 7.91. The van der Waals surface area contributed by atoms with Gasteiger partial charge in [-0.25, -0.2) is 0 Å². The normalized spacial score (nSPS) is 13.1. The van der Waals surface area contributed by atoms with Gasteiger partial charge in [-0.05, 0) is 96.3 Å². The highest BCUT2D eigenvalue weighted by Crippen LogP contribution is 2.15. The number of rotatable bonds is 52. The standard InChI is InChI=1S/C67H108O6/c1-4-7-10-13-16-19-22-25-28-31-33-36-39-42-45-48-51-54-57-60-66(69)72-63-64(62-71-65(68)59-56-53-50-47-44-41-38-35-30-27-24-21-18-15-12-9-6-3)73-67(70)61-58-55-52-49-46-43-40-37-34-32-29-26-23-20-17-14-11-8-5-2/h7-8,10-11,13,16-17,19-20,22,25-31,33,36,39,42,45,64H,4-6,9,12,14-15,18,21,23-24,32,34-35,37-38,40-41,43-44,46-63H2,1-3H3/b10-7-,11-8-,16-13-,20-17-,22-19-,28-25-,29-26-,30-27-,33-31+,39-36-,45-42-. The highest BCUT2D eigenvalue weighted by molar-refractivity contribution is 5.71. The molecular weight excluding hydrogens is 901 g/mol. The van der Waals surface area contributed by atoms with Crippen LogP contribution in [0.3, 0.4) is 0 Å². The van der Waals surface area contributed by atoms with Crippen LogP contribution in [-0.4, -0.2) is 37.2 Å². The molecule has 0 bridgehead atoms. The number of hydrogen-bond acceptors (Lipinski definition) is 6. The first-order valence-electron chi connectivity index (χ1n) is 29.8. The lowest BCUT2D eigenvalue weighted by atomic mass is 10.1. The van der Waals surface area contributed by atoms with Gasteiger partial charge in [-0.2, -0.15) is 0 Å². The number of unbranched alkanes of at least 4 members (excludes halogenated alkanes) is 25. The molecule has 0 fully saturated rings. The second-order valence-electron chi connectivity index (χ2n) is 19.3. The molecule has 0 saturated heterocycles. The van der Waals surface area contributed by atoms with E-state index in [0.29, 0.717) is 19.3 Å². The van der Waals surface area contributed by atoms with E-state index in [1.54, 1.807) is 0 Å². The smallest absolute Gasteiger partial charge is 0.306 e. The summed E-state index contributed by atoms with van der Waals surface area (Å²) in [6, 6.07) is 0. The SMILES string of the molecule is CC\C=C/C=C\C=C/C=C\C=C\C=C/C=C\CCCCCC(=O)OCC(COC(=O)CCCCCCCCC/C=C\CCCCCCCC)OC(=O)CCCCCCCCCCC/C=C\C/C=C\C/C=C\CC. The van der Waals surface area contributed by atoms with E-state index in [4.69, 9.17) is 14.2 Å². The van der Waals surface area contributed by atoms with Gasteiger partial charge < -0.3 is 14.2 Å². The van der Waals surface area contributed by atoms with Crippen molar-refractivity contribution in [1.29, 1.82) is 0 Å². The third kappa shape index (κ3) is 58.3. The molecule has 0 saturated carbocycles. The summed E-state index contributed by atoms with van der Waals surface area (Å²) in [6.45, 7) is 6.34. The molecule has 0 aromatic carbocycles. The minimum Gasteiger partial charge on any atom is -0.462 e. The molecule has 0 radical (unpaired) electrons. The Morgan fingerprint density at radius 1 is 0.301 bits per heavy atom. The van der Waals surface area contributed by atoms with Crippen molar-refractivity contribution in [2.24, 2.45) is 0 Å². The Hall–Kier alpha value is -4.45. The maximum absolute atomic E-state index is 12.9. The van der Waals surface area contributed by atoms with Gasteiger partial charge in [-0.15, -0.1) is 0 Å². The molecule has 1 unspecified atom stereocenters. The summed E-state index contributed by atoms with van der Waals surface area (Å²) in [4.78, 5) is 38.3. The summed E-state index contributed by atoms with van der Waals surface area (Å²) in [6.07, 6.45) is 84.3. The van der Waals surface area contributed by atoms with Crippen LogP contribution >= 0.6 is 0 Å². The largest absolute Gasteiger partial charge is 0.462 e. The van der Waals surface area contributed by atoms with Crippen LogP contribution in [0.1, 0.15) is 252 Å². The Kier molecular flexibility index (Phi) is 56.4. The maximum Gasteiger partial charge on any atom is 0.306 e. The molecule has 6 heteroatoms. The van der Waals surface area contributed by atoms with Crippen LogP contribution in [-0.2, 0) is 28.6 Å². The predicted octanol–water partition coefficient (Wildman–Crippen LogP) is 20.2. The minimum atomic E-state index is -0.808. The van der Waals surface area contributed by atoms with E-state index in [1.165, 1.54) is 116 Å². The summed E-state index contributed by atoms with van der Waals surface area (Å²) in [7, 11) is 0. The van der Waals surface area contributed by atoms with Crippen LogP contribution in [0.4, 0.5) is 0 Å². The average molecular weight is 1010 g/mol. The molecule has 0 heterocycles. The zero-order chi connectivity index (χ0) is 52.9. The number of carbonyl (C=O) groups excluding carboxylic acids is 3. The van der Waals surface area contributed by atoms with E-state index >= 15 is 0 Å². The maximum atomic E-state index is 12.9. The summed E-state index contributed by atoms with van der Waals surface area (Å²) in [5, 5.41) is 0. The molecule has 0 N–H and O–H groups in total. The molecule has 1 atom stereocenters. The van der Waals surface area contributed by atoms with Crippen LogP contribution in [0.25, 0.3) is 0 Å². The molecule has 6 nitrogen and oxygen atoms in total. The first kappa shape index (κ1) is 68.6. The number of carbonyl (C=O) groups is 3. The summed E-state index contributed by atoms with van der Waals surface area (Å²) in [5.41, 5.74) is 0. The van der Waals surface area contributed by atoms with Gasteiger partial charge in [0.15, 0.2) is 6.10 Å². The Bertz CT molecular complexity index is 1580. The van der Waals surface area contributed by atoms with Crippen molar-refractivity contribution >= 4 is 17.9 Å². The fraction of sp³-hybridized carbons (Fsp3) is 0.627. The summed E-state index contributed by atoms with van der Waals surface area (Å²) < 4.78 is 16.9. The molecule has 0 aromatic heterocycles. The predicted molar refractivity (Wildman–Crippen MR) is 316 cm³/mol. The Morgan fingerprint density at radius 2 is 0.603 bits per heavy atom. The first-order valence-corrected chi connectivity index (χ1v) is 29.8. The molecule has 73 heavy (non-hydrogen) atoms. The number of esters is 3. The summed E-state index contributed by atoms with van der Waals surface area (Å²) >= 11 is 0. The molecule has 0 aliphatic heterocycles. The van der Waals surface area contributed by atoms with Gasteiger partial charge in [-0.3, -0.25) is 14.4 Å². The lowest BCUT2D eigenvalue weighted by Gasteiger charge is -2.18. The van der Waals surface area contributed by atoms with E-state index < -0.39 is 6.10 Å². The van der Waals surface area contributed by atoms with Crippen LogP contribution in [0.15, 0.2) is 134 Å².